The van der Waals surface area contributed by atoms with Crippen molar-refractivity contribution in [3.05, 3.63) is 236 Å². The van der Waals surface area contributed by atoms with Crippen molar-refractivity contribution in [1.29, 1.82) is 0 Å². The molecule has 316 valence electrons. The van der Waals surface area contributed by atoms with Gasteiger partial charge in [0, 0.05) is 27.5 Å². The van der Waals surface area contributed by atoms with Gasteiger partial charge in [0.15, 0.2) is 17.5 Å². The third-order valence-electron chi connectivity index (χ3n) is 13.9. The molecule has 0 atom stereocenters. The third-order valence-corrected chi connectivity index (χ3v) is 13.9. The molecule has 4 heteroatoms. The van der Waals surface area contributed by atoms with Gasteiger partial charge in [-0.2, -0.15) is 0 Å². The molecule has 0 fully saturated rings. The van der Waals surface area contributed by atoms with Crippen LogP contribution >= 0.6 is 0 Å². The van der Waals surface area contributed by atoms with Crippen LogP contribution < -0.4 is 0 Å². The molecule has 0 saturated carbocycles. The third kappa shape index (κ3) is 6.34. The maximum Gasteiger partial charge on any atom is 0.165 e. The van der Waals surface area contributed by atoms with E-state index in [2.05, 4.69) is 218 Å². The molecule has 0 saturated heterocycles. The van der Waals surface area contributed by atoms with Gasteiger partial charge in [0.05, 0.1) is 0 Å². The minimum Gasteiger partial charge on any atom is -0.456 e. The summed E-state index contributed by atoms with van der Waals surface area (Å²) in [4.78, 5) is 15.9. The average Bonchev–Trinajstić information content (AvgIpc) is 3.76. The van der Waals surface area contributed by atoms with Crippen molar-refractivity contribution in [3.8, 4) is 45.3 Å². The second-order valence-electron chi connectivity index (χ2n) is 17.9. The van der Waals surface area contributed by atoms with Crippen LogP contribution in [0.2, 0.25) is 0 Å². The summed E-state index contributed by atoms with van der Waals surface area (Å²) in [5.41, 5.74) is 9.14. The maximum absolute atomic E-state index is 6.93. The van der Waals surface area contributed by atoms with Crippen LogP contribution in [0.3, 0.4) is 0 Å². The Morgan fingerprint density at radius 1 is 0.294 bits per heavy atom. The fourth-order valence-corrected chi connectivity index (χ4v) is 10.6. The van der Waals surface area contributed by atoms with E-state index in [0.717, 1.165) is 77.7 Å². The Bertz CT molecular complexity index is 4340. The first-order chi connectivity index (χ1) is 33.6. The summed E-state index contributed by atoms with van der Waals surface area (Å²) in [6.07, 6.45) is 0.744. The zero-order valence-corrected chi connectivity index (χ0v) is 36.8. The molecule has 0 bridgehead atoms. The van der Waals surface area contributed by atoms with E-state index in [-0.39, 0.29) is 0 Å². The van der Waals surface area contributed by atoms with Crippen LogP contribution in [0.15, 0.2) is 229 Å². The molecule has 14 aromatic rings. The van der Waals surface area contributed by atoms with Crippen molar-refractivity contribution >= 4 is 86.6 Å². The number of nitrogens with zero attached hydrogens (tertiary/aromatic N) is 3. The summed E-state index contributed by atoms with van der Waals surface area (Å²) in [5.74, 6) is 1.82. The molecule has 0 aliphatic rings. The molecule has 2 heterocycles. The van der Waals surface area contributed by atoms with Gasteiger partial charge in [0.1, 0.15) is 11.2 Å². The normalized spacial score (nSPS) is 11.9. The number of hydrogen-bond acceptors (Lipinski definition) is 4. The van der Waals surface area contributed by atoms with E-state index >= 15 is 0 Å². The van der Waals surface area contributed by atoms with Crippen LogP contribution in [-0.2, 0) is 6.42 Å². The Hall–Kier alpha value is -8.99. The smallest absolute Gasteiger partial charge is 0.165 e. The summed E-state index contributed by atoms with van der Waals surface area (Å²) in [6.45, 7) is 0. The highest BCUT2D eigenvalue weighted by molar-refractivity contribution is 6.23. The van der Waals surface area contributed by atoms with Gasteiger partial charge in [-0.1, -0.05) is 194 Å². The molecule has 0 radical (unpaired) electrons. The first kappa shape index (κ1) is 38.3. The molecule has 0 N–H and O–H groups in total. The summed E-state index contributed by atoms with van der Waals surface area (Å²) < 4.78 is 6.93. The van der Waals surface area contributed by atoms with Gasteiger partial charge in [-0.05, 0) is 124 Å². The van der Waals surface area contributed by atoms with Crippen molar-refractivity contribution in [2.45, 2.75) is 6.42 Å². The van der Waals surface area contributed by atoms with Crippen molar-refractivity contribution in [2.75, 3.05) is 0 Å². The molecule has 4 nitrogen and oxygen atoms in total. The predicted molar refractivity (Wildman–Crippen MR) is 283 cm³/mol. The zero-order chi connectivity index (χ0) is 44.7. The summed E-state index contributed by atoms with van der Waals surface area (Å²) in [5, 5.41) is 16.5. The van der Waals surface area contributed by atoms with Gasteiger partial charge in [0.25, 0.3) is 0 Å². The lowest BCUT2D eigenvalue weighted by Crippen LogP contribution is -2.01. The number of benzene rings is 12. The Labute approximate surface area is 391 Å². The van der Waals surface area contributed by atoms with Gasteiger partial charge < -0.3 is 4.42 Å². The molecular formula is C64H39N3O. The lowest BCUT2D eigenvalue weighted by Gasteiger charge is -2.14. The number of aromatic nitrogens is 3. The highest BCUT2D eigenvalue weighted by atomic mass is 16.3. The molecule has 2 aromatic heterocycles. The van der Waals surface area contributed by atoms with Crippen LogP contribution in [0.25, 0.3) is 132 Å². The molecular weight excluding hydrogens is 827 g/mol. The lowest BCUT2D eigenvalue weighted by atomic mass is 9.89. The van der Waals surface area contributed by atoms with Gasteiger partial charge in [-0.15, -0.1) is 0 Å². The largest absolute Gasteiger partial charge is 0.456 e. The van der Waals surface area contributed by atoms with E-state index in [4.69, 9.17) is 19.4 Å². The molecule has 0 aliphatic heterocycles. The first-order valence-corrected chi connectivity index (χ1v) is 23.2. The molecule has 12 aromatic carbocycles. The molecule has 0 spiro atoms. The quantitative estimate of drug-likeness (QED) is 0.123. The van der Waals surface area contributed by atoms with E-state index in [0.29, 0.717) is 17.5 Å². The number of rotatable bonds is 6. The van der Waals surface area contributed by atoms with Crippen molar-refractivity contribution in [1.82, 2.24) is 15.0 Å². The molecule has 0 amide bonds. The van der Waals surface area contributed by atoms with Gasteiger partial charge >= 0.3 is 0 Å². The van der Waals surface area contributed by atoms with Gasteiger partial charge in [-0.25, -0.2) is 15.0 Å². The number of fused-ring (bicyclic) bond motifs is 11. The molecule has 14 rings (SSSR count). The Morgan fingerprint density at radius 3 is 1.69 bits per heavy atom. The standard InChI is InChI=1S/C64H39N3O/c1-2-12-40(13-3-1)42-23-26-44(27-24-42)62-65-63(49-28-25-41-14-4-5-16-45(41)34-49)67-64(66-62)61-53-21-11-9-19-48(53)38-58-60(61)55-30-22-39(33-57(55)68-58)32-50-36-51-35-46-17-6-7-18-47(46)37-56(51)59-52-20-10-8-15-43(52)29-31-54(50)59/h1-31,33-38H,32H2. The van der Waals surface area contributed by atoms with E-state index in [1.165, 1.54) is 54.2 Å². The number of hydrogen-bond donors (Lipinski definition) is 0. The minimum absolute atomic E-state index is 0.598. The van der Waals surface area contributed by atoms with Gasteiger partial charge in [-0.3, -0.25) is 0 Å². The minimum atomic E-state index is 0.598. The monoisotopic (exact) mass is 865 g/mol. The lowest BCUT2D eigenvalue weighted by molar-refractivity contribution is 0.669. The van der Waals surface area contributed by atoms with Crippen LogP contribution in [0, 0.1) is 0 Å². The van der Waals surface area contributed by atoms with E-state index in [1.807, 2.05) is 6.07 Å². The summed E-state index contributed by atoms with van der Waals surface area (Å²) in [6, 6.07) is 80.3. The van der Waals surface area contributed by atoms with Crippen LogP contribution in [-0.4, -0.2) is 15.0 Å². The topological polar surface area (TPSA) is 51.8 Å². The molecule has 68 heavy (non-hydrogen) atoms. The van der Waals surface area contributed by atoms with E-state index in [1.54, 1.807) is 0 Å². The first-order valence-electron chi connectivity index (χ1n) is 23.2. The second kappa shape index (κ2) is 15.3. The highest BCUT2D eigenvalue weighted by Crippen LogP contribution is 2.43. The maximum atomic E-state index is 6.93. The fourth-order valence-electron chi connectivity index (χ4n) is 10.6. The van der Waals surface area contributed by atoms with Crippen molar-refractivity contribution in [3.63, 3.8) is 0 Å². The SMILES string of the molecule is c1ccc(-c2ccc(-c3nc(-c4ccc5ccccc5c4)nc(-c4c5ccccc5cc5oc6cc(Cc7cc8cc9ccccc9cc8c8c7ccc7ccccc78)ccc6c45)n3)cc2)cc1. The zero-order valence-electron chi connectivity index (χ0n) is 36.8. The fraction of sp³-hybridized carbons (Fsp3) is 0.0156. The van der Waals surface area contributed by atoms with E-state index < -0.39 is 0 Å². The van der Waals surface area contributed by atoms with Crippen molar-refractivity contribution in [2.24, 2.45) is 0 Å². The Balaban J connectivity index is 0.951. The van der Waals surface area contributed by atoms with E-state index in [9.17, 15) is 0 Å². The van der Waals surface area contributed by atoms with Crippen LogP contribution in [0.4, 0.5) is 0 Å². The highest BCUT2D eigenvalue weighted by Gasteiger charge is 2.22. The van der Waals surface area contributed by atoms with Gasteiger partial charge in [0.2, 0.25) is 0 Å². The Kier molecular flexibility index (Phi) is 8.62. The predicted octanol–water partition coefficient (Wildman–Crippen LogP) is 16.9. The summed E-state index contributed by atoms with van der Waals surface area (Å²) >= 11 is 0. The second-order valence-corrected chi connectivity index (χ2v) is 17.9. The molecule has 0 unspecified atom stereocenters. The average molecular weight is 866 g/mol. The van der Waals surface area contributed by atoms with Crippen molar-refractivity contribution < 1.29 is 4.42 Å². The van der Waals surface area contributed by atoms with Crippen LogP contribution in [0.5, 0.6) is 0 Å². The molecule has 0 aliphatic carbocycles. The Morgan fingerprint density at radius 2 is 0.882 bits per heavy atom. The number of furan rings is 1. The summed E-state index contributed by atoms with van der Waals surface area (Å²) in [7, 11) is 0. The van der Waals surface area contributed by atoms with Crippen LogP contribution in [0.1, 0.15) is 11.1 Å².